The monoisotopic (exact) mass is 163 g/mol. The molecule has 1 aliphatic rings. The van der Waals surface area contributed by atoms with E-state index in [0.717, 1.165) is 18.8 Å². The molecule has 0 spiro atoms. The van der Waals surface area contributed by atoms with E-state index in [1.807, 2.05) is 10.9 Å². The van der Waals surface area contributed by atoms with E-state index in [-0.39, 0.29) is 0 Å². The lowest BCUT2D eigenvalue weighted by Crippen LogP contribution is -2.30. The number of rotatable bonds is 2. The second-order valence-electron chi connectivity index (χ2n) is 2.85. The maximum absolute atomic E-state index is 8.43. The zero-order valence-corrected chi connectivity index (χ0v) is 6.60. The van der Waals surface area contributed by atoms with Gasteiger partial charge in [-0.25, -0.2) is 0 Å². The summed E-state index contributed by atoms with van der Waals surface area (Å²) in [4.78, 5) is 0. The Balaban J connectivity index is 2.08. The van der Waals surface area contributed by atoms with E-state index in [2.05, 4.69) is 11.2 Å². The van der Waals surface area contributed by atoms with Crippen LogP contribution in [0.15, 0.2) is 12.4 Å². The molecule has 0 radical (unpaired) electrons. The minimum absolute atomic E-state index is 0.387. The number of aromatic nitrogens is 2. The molecule has 0 amide bonds. The van der Waals surface area contributed by atoms with Gasteiger partial charge in [0.2, 0.25) is 0 Å². The maximum Gasteiger partial charge on any atom is 0.0985 e. The summed E-state index contributed by atoms with van der Waals surface area (Å²) in [6.45, 7) is 1.49. The molecule has 0 aromatic carbocycles. The zero-order chi connectivity index (χ0) is 8.39. The number of ether oxygens (including phenoxy) is 1. The van der Waals surface area contributed by atoms with Crippen molar-refractivity contribution in [3.8, 4) is 6.07 Å². The quantitative estimate of drug-likeness (QED) is 0.638. The molecule has 1 aromatic rings. The standard InChI is InChI=1S/C8H9N3O/c9-2-1-7-3-10-11(4-7)8-5-12-6-8/h3-4,8H,1,5-6H2. The van der Waals surface area contributed by atoms with Gasteiger partial charge in [-0.3, -0.25) is 4.68 Å². The second-order valence-corrected chi connectivity index (χ2v) is 2.85. The number of nitriles is 1. The second kappa shape index (κ2) is 2.95. The van der Waals surface area contributed by atoms with Gasteiger partial charge in [-0.2, -0.15) is 10.4 Å². The molecule has 1 aliphatic heterocycles. The van der Waals surface area contributed by atoms with Crippen LogP contribution in [0.4, 0.5) is 0 Å². The molecule has 1 aromatic heterocycles. The Hall–Kier alpha value is -1.34. The lowest BCUT2D eigenvalue weighted by molar-refractivity contribution is -0.0286. The first kappa shape index (κ1) is 7.32. The summed E-state index contributed by atoms with van der Waals surface area (Å²) in [5, 5.41) is 12.6. The van der Waals surface area contributed by atoms with Crippen LogP contribution in [0.1, 0.15) is 11.6 Å². The molecule has 0 unspecified atom stereocenters. The topological polar surface area (TPSA) is 50.8 Å². The average Bonchev–Trinajstić information content (AvgIpc) is 2.34. The fraction of sp³-hybridized carbons (Fsp3) is 0.500. The van der Waals surface area contributed by atoms with Crippen LogP contribution in [-0.2, 0) is 11.2 Å². The van der Waals surface area contributed by atoms with Crippen molar-refractivity contribution in [2.45, 2.75) is 12.5 Å². The van der Waals surface area contributed by atoms with Crippen molar-refractivity contribution in [3.05, 3.63) is 18.0 Å². The number of hydrogen-bond donors (Lipinski definition) is 0. The van der Waals surface area contributed by atoms with Crippen molar-refractivity contribution in [1.82, 2.24) is 9.78 Å². The van der Waals surface area contributed by atoms with Crippen LogP contribution >= 0.6 is 0 Å². The summed E-state index contributed by atoms with van der Waals surface area (Å²) in [5.41, 5.74) is 0.976. The summed E-state index contributed by atoms with van der Waals surface area (Å²) < 4.78 is 6.90. The average molecular weight is 163 g/mol. The Morgan fingerprint density at radius 2 is 2.58 bits per heavy atom. The molecule has 62 valence electrons. The van der Waals surface area contributed by atoms with Gasteiger partial charge in [0.1, 0.15) is 0 Å². The van der Waals surface area contributed by atoms with E-state index in [4.69, 9.17) is 10.00 Å². The van der Waals surface area contributed by atoms with Crippen LogP contribution in [-0.4, -0.2) is 23.0 Å². The van der Waals surface area contributed by atoms with E-state index in [0.29, 0.717) is 12.5 Å². The number of hydrogen-bond acceptors (Lipinski definition) is 3. The summed E-state index contributed by atoms with van der Waals surface area (Å²) in [6, 6.07) is 2.47. The fourth-order valence-corrected chi connectivity index (χ4v) is 1.14. The van der Waals surface area contributed by atoms with E-state index < -0.39 is 0 Å². The molecule has 0 atom stereocenters. The van der Waals surface area contributed by atoms with Crippen LogP contribution in [0.2, 0.25) is 0 Å². The molecule has 0 N–H and O–H groups in total. The van der Waals surface area contributed by atoms with Gasteiger partial charge in [0, 0.05) is 11.8 Å². The van der Waals surface area contributed by atoms with Gasteiger partial charge in [-0.05, 0) is 0 Å². The highest BCUT2D eigenvalue weighted by atomic mass is 16.5. The molecular formula is C8H9N3O. The Bertz CT molecular complexity index is 308. The predicted molar refractivity (Wildman–Crippen MR) is 41.4 cm³/mol. The zero-order valence-electron chi connectivity index (χ0n) is 6.60. The molecule has 4 nitrogen and oxygen atoms in total. The van der Waals surface area contributed by atoms with E-state index in [9.17, 15) is 0 Å². The van der Waals surface area contributed by atoms with Crippen LogP contribution in [0.3, 0.4) is 0 Å². The Kier molecular flexibility index (Phi) is 1.80. The SMILES string of the molecule is N#CCc1cnn(C2COC2)c1. The van der Waals surface area contributed by atoms with Gasteiger partial charge in [0.25, 0.3) is 0 Å². The summed E-state index contributed by atoms with van der Waals surface area (Å²) in [6.07, 6.45) is 4.09. The van der Waals surface area contributed by atoms with Crippen LogP contribution in [0.5, 0.6) is 0 Å². The van der Waals surface area contributed by atoms with Gasteiger partial charge < -0.3 is 4.74 Å². The first-order valence-electron chi connectivity index (χ1n) is 3.88. The predicted octanol–water partition coefficient (Wildman–Crippen LogP) is 0.520. The summed E-state index contributed by atoms with van der Waals surface area (Å²) in [7, 11) is 0. The Morgan fingerprint density at radius 1 is 1.75 bits per heavy atom. The van der Waals surface area contributed by atoms with Crippen molar-refractivity contribution < 1.29 is 4.74 Å². The molecule has 0 saturated carbocycles. The third-order valence-corrected chi connectivity index (χ3v) is 1.93. The smallest absolute Gasteiger partial charge is 0.0985 e. The minimum atomic E-state index is 0.387. The highest BCUT2D eigenvalue weighted by Crippen LogP contribution is 2.16. The van der Waals surface area contributed by atoms with Crippen LogP contribution in [0, 0.1) is 11.3 Å². The van der Waals surface area contributed by atoms with E-state index >= 15 is 0 Å². The molecule has 2 rings (SSSR count). The first-order valence-corrected chi connectivity index (χ1v) is 3.88. The minimum Gasteiger partial charge on any atom is -0.377 e. The summed E-state index contributed by atoms with van der Waals surface area (Å²) >= 11 is 0. The number of nitrogens with zero attached hydrogens (tertiary/aromatic N) is 3. The molecular weight excluding hydrogens is 154 g/mol. The molecule has 0 bridgehead atoms. The van der Waals surface area contributed by atoms with Crippen molar-refractivity contribution >= 4 is 0 Å². The Labute approximate surface area is 70.4 Å². The highest BCUT2D eigenvalue weighted by Gasteiger charge is 2.20. The van der Waals surface area contributed by atoms with Crippen molar-refractivity contribution in [3.63, 3.8) is 0 Å². The van der Waals surface area contributed by atoms with Crippen molar-refractivity contribution in [2.75, 3.05) is 13.2 Å². The van der Waals surface area contributed by atoms with Crippen LogP contribution < -0.4 is 0 Å². The molecule has 1 saturated heterocycles. The molecule has 2 heterocycles. The van der Waals surface area contributed by atoms with Gasteiger partial charge >= 0.3 is 0 Å². The van der Waals surface area contributed by atoms with Gasteiger partial charge in [-0.15, -0.1) is 0 Å². The van der Waals surface area contributed by atoms with Crippen molar-refractivity contribution in [1.29, 1.82) is 5.26 Å². The van der Waals surface area contributed by atoms with Gasteiger partial charge in [0.15, 0.2) is 0 Å². The first-order chi connectivity index (χ1) is 5.90. The lowest BCUT2D eigenvalue weighted by Gasteiger charge is -2.25. The highest BCUT2D eigenvalue weighted by molar-refractivity contribution is 5.10. The summed E-state index contributed by atoms with van der Waals surface area (Å²) in [5.74, 6) is 0. The normalized spacial score (nSPS) is 16.9. The third-order valence-electron chi connectivity index (χ3n) is 1.93. The van der Waals surface area contributed by atoms with E-state index in [1.54, 1.807) is 6.20 Å². The van der Waals surface area contributed by atoms with Gasteiger partial charge in [0.05, 0.1) is 37.9 Å². The maximum atomic E-state index is 8.43. The largest absolute Gasteiger partial charge is 0.377 e. The van der Waals surface area contributed by atoms with Crippen LogP contribution in [0.25, 0.3) is 0 Å². The molecule has 4 heteroatoms. The molecule has 1 fully saturated rings. The lowest BCUT2D eigenvalue weighted by atomic mass is 10.2. The molecule has 12 heavy (non-hydrogen) atoms. The third kappa shape index (κ3) is 1.19. The fourth-order valence-electron chi connectivity index (χ4n) is 1.14. The van der Waals surface area contributed by atoms with Gasteiger partial charge in [-0.1, -0.05) is 0 Å². The Morgan fingerprint density at radius 3 is 3.17 bits per heavy atom. The van der Waals surface area contributed by atoms with Crippen molar-refractivity contribution in [2.24, 2.45) is 0 Å². The molecule has 0 aliphatic carbocycles. The van der Waals surface area contributed by atoms with E-state index in [1.165, 1.54) is 0 Å².